The molecular weight excluding hydrogens is 495 g/mol. The van der Waals surface area contributed by atoms with Gasteiger partial charge in [-0.15, -0.1) is 0 Å². The molecule has 186 valence electrons. The quantitative estimate of drug-likeness (QED) is 0.386. The van der Waals surface area contributed by atoms with E-state index in [2.05, 4.69) is 15.5 Å². The summed E-state index contributed by atoms with van der Waals surface area (Å²) >= 11 is 6.00. The van der Waals surface area contributed by atoms with Crippen molar-refractivity contribution in [3.05, 3.63) is 80.4 Å². The average Bonchev–Trinajstić information content (AvgIpc) is 3.55. The standard InChI is InChI=1S/C25H21ClF3N5O2/c1-13-3-8-20(14(2)9-13)34-23-17(11-30-34)22(15-4-5-15)32-33(24(23)36)12-21(35)31-19-10-16(25(27,28)29)6-7-18(19)26/h3,6-11,15H,4-5,12H2,1-2H3,(H,31,35). The van der Waals surface area contributed by atoms with E-state index in [4.69, 9.17) is 11.6 Å². The van der Waals surface area contributed by atoms with Crippen molar-refractivity contribution in [2.45, 2.75) is 45.3 Å². The molecular formula is C25H21ClF3N5O2. The van der Waals surface area contributed by atoms with E-state index >= 15 is 0 Å². The van der Waals surface area contributed by atoms with Gasteiger partial charge < -0.3 is 5.32 Å². The predicted octanol–water partition coefficient (Wildman–Crippen LogP) is 5.39. The zero-order chi connectivity index (χ0) is 25.8. The molecule has 2 aromatic carbocycles. The maximum Gasteiger partial charge on any atom is 0.416 e. The first kappa shape index (κ1) is 24.1. The predicted molar refractivity (Wildman–Crippen MR) is 130 cm³/mol. The van der Waals surface area contributed by atoms with Crippen molar-refractivity contribution in [2.75, 3.05) is 5.32 Å². The van der Waals surface area contributed by atoms with E-state index in [0.717, 1.165) is 52.5 Å². The third-order valence-corrected chi connectivity index (χ3v) is 6.45. The summed E-state index contributed by atoms with van der Waals surface area (Å²) in [5.74, 6) is -0.582. The minimum Gasteiger partial charge on any atom is -0.323 e. The lowest BCUT2D eigenvalue weighted by molar-refractivity contribution is -0.137. The van der Waals surface area contributed by atoms with Gasteiger partial charge >= 0.3 is 6.18 Å². The van der Waals surface area contributed by atoms with Gasteiger partial charge in [-0.3, -0.25) is 9.59 Å². The van der Waals surface area contributed by atoms with Crippen LogP contribution in [-0.4, -0.2) is 25.5 Å². The molecule has 1 amide bonds. The summed E-state index contributed by atoms with van der Waals surface area (Å²) in [5.41, 5.74) is 2.00. The van der Waals surface area contributed by atoms with Crippen molar-refractivity contribution < 1.29 is 18.0 Å². The van der Waals surface area contributed by atoms with Crippen molar-refractivity contribution in [2.24, 2.45) is 0 Å². The lowest BCUT2D eigenvalue weighted by Crippen LogP contribution is -2.31. The number of carbonyl (C=O) groups is 1. The van der Waals surface area contributed by atoms with Crippen LogP contribution < -0.4 is 10.9 Å². The molecule has 36 heavy (non-hydrogen) atoms. The SMILES string of the molecule is Cc1ccc(-n2ncc3c(C4CC4)nn(CC(=O)Nc4cc(C(F)(F)F)ccc4Cl)c(=O)c32)c(C)c1. The summed E-state index contributed by atoms with van der Waals surface area (Å²) < 4.78 is 41.9. The Morgan fingerprint density at radius 1 is 1.17 bits per heavy atom. The fourth-order valence-corrected chi connectivity index (χ4v) is 4.37. The van der Waals surface area contributed by atoms with Crippen molar-refractivity contribution in [1.29, 1.82) is 0 Å². The summed E-state index contributed by atoms with van der Waals surface area (Å²) in [6.07, 6.45) is -1.18. The van der Waals surface area contributed by atoms with E-state index in [1.807, 2.05) is 32.0 Å². The first-order valence-corrected chi connectivity index (χ1v) is 11.6. The van der Waals surface area contributed by atoms with Crippen LogP contribution in [0.4, 0.5) is 18.9 Å². The van der Waals surface area contributed by atoms with Crippen LogP contribution in [-0.2, 0) is 17.5 Å². The van der Waals surface area contributed by atoms with Gasteiger partial charge in [0.25, 0.3) is 5.56 Å². The van der Waals surface area contributed by atoms with Gasteiger partial charge in [-0.05, 0) is 56.5 Å². The number of aromatic nitrogens is 4. The van der Waals surface area contributed by atoms with E-state index < -0.39 is 29.8 Å². The highest BCUT2D eigenvalue weighted by atomic mass is 35.5. The highest BCUT2D eigenvalue weighted by Crippen LogP contribution is 2.41. The average molecular weight is 516 g/mol. The number of carbonyl (C=O) groups excluding carboxylic acids is 1. The van der Waals surface area contributed by atoms with Crippen molar-refractivity contribution in [3.8, 4) is 5.69 Å². The maximum atomic E-state index is 13.5. The van der Waals surface area contributed by atoms with Crippen molar-refractivity contribution >= 4 is 34.1 Å². The van der Waals surface area contributed by atoms with E-state index in [-0.39, 0.29) is 16.6 Å². The molecule has 5 rings (SSSR count). The van der Waals surface area contributed by atoms with Gasteiger partial charge in [0, 0.05) is 11.3 Å². The second-order valence-corrected chi connectivity index (χ2v) is 9.38. The molecule has 1 aliphatic carbocycles. The Kier molecular flexibility index (Phi) is 5.86. The maximum absolute atomic E-state index is 13.5. The number of nitrogens with zero attached hydrogens (tertiary/aromatic N) is 4. The van der Waals surface area contributed by atoms with Gasteiger partial charge in [0.05, 0.1) is 33.9 Å². The van der Waals surface area contributed by atoms with E-state index in [9.17, 15) is 22.8 Å². The molecule has 4 aromatic rings. The normalized spacial score (nSPS) is 13.8. The smallest absolute Gasteiger partial charge is 0.323 e. The Labute approximate surface area is 208 Å². The van der Waals surface area contributed by atoms with Crippen LogP contribution in [0, 0.1) is 13.8 Å². The number of hydrogen-bond donors (Lipinski definition) is 1. The fourth-order valence-electron chi connectivity index (χ4n) is 4.21. The number of nitrogens with one attached hydrogen (secondary N) is 1. The number of fused-ring (bicyclic) bond motifs is 1. The van der Waals surface area contributed by atoms with Crippen LogP contribution in [0.3, 0.4) is 0 Å². The second kappa shape index (κ2) is 8.77. The van der Waals surface area contributed by atoms with Crippen LogP contribution in [0.1, 0.15) is 41.1 Å². The number of hydrogen-bond acceptors (Lipinski definition) is 4. The molecule has 1 N–H and O–H groups in total. The Morgan fingerprint density at radius 2 is 1.92 bits per heavy atom. The first-order chi connectivity index (χ1) is 17.0. The Morgan fingerprint density at radius 3 is 2.58 bits per heavy atom. The van der Waals surface area contributed by atoms with E-state index in [1.54, 1.807) is 10.9 Å². The molecule has 0 atom stereocenters. The molecule has 0 radical (unpaired) electrons. The topological polar surface area (TPSA) is 81.8 Å². The van der Waals surface area contributed by atoms with Crippen LogP contribution in [0.25, 0.3) is 16.6 Å². The lowest BCUT2D eigenvalue weighted by Gasteiger charge is -2.13. The van der Waals surface area contributed by atoms with Gasteiger partial charge in [0.2, 0.25) is 5.91 Å². The molecule has 1 saturated carbocycles. The molecule has 1 fully saturated rings. The first-order valence-electron chi connectivity index (χ1n) is 11.3. The molecule has 11 heteroatoms. The van der Waals surface area contributed by atoms with Gasteiger partial charge in [0.15, 0.2) is 0 Å². The summed E-state index contributed by atoms with van der Waals surface area (Å²) in [6.45, 7) is 3.39. The molecule has 0 unspecified atom stereocenters. The monoisotopic (exact) mass is 515 g/mol. The zero-order valence-corrected chi connectivity index (χ0v) is 20.1. The molecule has 0 aliphatic heterocycles. The summed E-state index contributed by atoms with van der Waals surface area (Å²) in [7, 11) is 0. The molecule has 0 spiro atoms. The Hall–Kier alpha value is -3.66. The third kappa shape index (κ3) is 4.48. The van der Waals surface area contributed by atoms with Gasteiger partial charge in [-0.1, -0.05) is 29.3 Å². The molecule has 7 nitrogen and oxygen atoms in total. The van der Waals surface area contributed by atoms with Crippen LogP contribution in [0.5, 0.6) is 0 Å². The van der Waals surface area contributed by atoms with Crippen LogP contribution >= 0.6 is 11.6 Å². The van der Waals surface area contributed by atoms with Gasteiger partial charge in [0.1, 0.15) is 12.1 Å². The number of alkyl halides is 3. The second-order valence-electron chi connectivity index (χ2n) is 8.97. The largest absolute Gasteiger partial charge is 0.416 e. The Bertz CT molecular complexity index is 1570. The van der Waals surface area contributed by atoms with Crippen LogP contribution in [0.15, 0.2) is 47.4 Å². The van der Waals surface area contributed by atoms with E-state index in [1.165, 1.54) is 0 Å². The number of aryl methyl sites for hydroxylation is 2. The number of benzene rings is 2. The number of anilines is 1. The Balaban J connectivity index is 1.54. The summed E-state index contributed by atoms with van der Waals surface area (Å²) in [4.78, 5) is 26.3. The van der Waals surface area contributed by atoms with Crippen LogP contribution in [0.2, 0.25) is 5.02 Å². The lowest BCUT2D eigenvalue weighted by atomic mass is 10.1. The van der Waals surface area contributed by atoms with Gasteiger partial charge in [-0.25, -0.2) is 9.36 Å². The number of amides is 1. The van der Waals surface area contributed by atoms with Gasteiger partial charge in [-0.2, -0.15) is 23.4 Å². The molecule has 2 heterocycles. The highest BCUT2D eigenvalue weighted by Gasteiger charge is 2.32. The summed E-state index contributed by atoms with van der Waals surface area (Å²) in [5, 5.41) is 11.8. The number of halogens is 4. The minimum absolute atomic E-state index is 0.0568. The molecule has 2 aromatic heterocycles. The molecule has 1 aliphatic rings. The van der Waals surface area contributed by atoms with Crippen molar-refractivity contribution in [3.63, 3.8) is 0 Å². The molecule has 0 bridgehead atoms. The number of rotatable bonds is 5. The zero-order valence-electron chi connectivity index (χ0n) is 19.4. The minimum atomic E-state index is -4.60. The summed E-state index contributed by atoms with van der Waals surface area (Å²) in [6, 6.07) is 8.42. The third-order valence-electron chi connectivity index (χ3n) is 6.12. The van der Waals surface area contributed by atoms with Crippen molar-refractivity contribution in [1.82, 2.24) is 19.6 Å². The fraction of sp³-hybridized carbons (Fsp3) is 0.280. The highest BCUT2D eigenvalue weighted by molar-refractivity contribution is 6.33. The van der Waals surface area contributed by atoms with E-state index in [0.29, 0.717) is 16.6 Å². The molecule has 0 saturated heterocycles.